The van der Waals surface area contributed by atoms with Crippen LogP contribution in [0.2, 0.25) is 0 Å². The summed E-state index contributed by atoms with van der Waals surface area (Å²) < 4.78 is 6.35. The summed E-state index contributed by atoms with van der Waals surface area (Å²) in [7, 11) is 0. The summed E-state index contributed by atoms with van der Waals surface area (Å²) in [6.45, 7) is 4.04. The molecule has 0 atom stereocenters. The highest BCUT2D eigenvalue weighted by atomic mass is 16.5. The molecule has 5 aromatic rings. The van der Waals surface area contributed by atoms with Gasteiger partial charge in [-0.25, -0.2) is 9.69 Å². The van der Waals surface area contributed by atoms with Gasteiger partial charge >= 0.3 is 6.03 Å². The molecule has 6 heteroatoms. The first-order chi connectivity index (χ1) is 19.4. The van der Waals surface area contributed by atoms with E-state index in [-0.39, 0.29) is 5.57 Å². The number of amides is 4. The number of rotatable bonds is 5. The standard InChI is InChI=1S/C34H26N2O4/c1-21-9-7-16-30(22(21)2)36-33(38)29(32(37)35-34(36)39)19-28-27-15-6-4-11-24(27)17-18-31(28)40-20-25-13-8-12-23-10-3-5-14-26(23)25/h3-19H,20H2,1-2H3,(H,35,37,39)/b29-19+. The van der Waals surface area contributed by atoms with Crippen LogP contribution in [0.3, 0.4) is 0 Å². The number of carbonyl (C=O) groups excluding carboxylic acids is 3. The monoisotopic (exact) mass is 526 g/mol. The highest BCUT2D eigenvalue weighted by Gasteiger charge is 2.37. The van der Waals surface area contributed by atoms with E-state index in [0.29, 0.717) is 23.6 Å². The lowest BCUT2D eigenvalue weighted by atomic mass is 9.99. The van der Waals surface area contributed by atoms with E-state index < -0.39 is 17.8 Å². The van der Waals surface area contributed by atoms with Crippen LogP contribution in [0.25, 0.3) is 27.6 Å². The predicted octanol–water partition coefficient (Wildman–Crippen LogP) is 6.86. The average molecular weight is 527 g/mol. The summed E-state index contributed by atoms with van der Waals surface area (Å²) in [4.78, 5) is 40.6. The lowest BCUT2D eigenvalue weighted by molar-refractivity contribution is -0.122. The first kappa shape index (κ1) is 25.1. The maximum atomic E-state index is 13.7. The lowest BCUT2D eigenvalue weighted by Gasteiger charge is -2.28. The van der Waals surface area contributed by atoms with Gasteiger partial charge in [0.05, 0.1) is 5.69 Å². The number of anilines is 1. The molecule has 0 radical (unpaired) electrons. The summed E-state index contributed by atoms with van der Waals surface area (Å²) >= 11 is 0. The Balaban J connectivity index is 1.44. The second-order valence-corrected chi connectivity index (χ2v) is 9.80. The number of nitrogens with zero attached hydrogens (tertiary/aromatic N) is 1. The van der Waals surface area contributed by atoms with Gasteiger partial charge in [-0.15, -0.1) is 0 Å². The Morgan fingerprint density at radius 3 is 2.23 bits per heavy atom. The molecule has 1 aliphatic heterocycles. The number of carbonyl (C=O) groups is 3. The normalized spacial score (nSPS) is 14.7. The number of hydrogen-bond donors (Lipinski definition) is 1. The van der Waals surface area contributed by atoms with Crippen LogP contribution in [0, 0.1) is 13.8 Å². The summed E-state index contributed by atoms with van der Waals surface area (Å²) in [5.74, 6) is -0.908. The molecule has 0 bridgehead atoms. The number of fused-ring (bicyclic) bond motifs is 2. The first-order valence-electron chi connectivity index (χ1n) is 13.0. The average Bonchev–Trinajstić information content (AvgIpc) is 2.96. The molecule has 1 heterocycles. The minimum absolute atomic E-state index is 0.146. The molecule has 6 rings (SSSR count). The maximum absolute atomic E-state index is 13.7. The van der Waals surface area contributed by atoms with E-state index in [9.17, 15) is 14.4 Å². The third-order valence-electron chi connectivity index (χ3n) is 7.40. The molecular weight excluding hydrogens is 500 g/mol. The summed E-state index contributed by atoms with van der Waals surface area (Å²) in [6.07, 6.45) is 1.53. The van der Waals surface area contributed by atoms with Crippen LogP contribution in [0.15, 0.2) is 103 Å². The third kappa shape index (κ3) is 4.39. The van der Waals surface area contributed by atoms with Gasteiger partial charge in [-0.05, 0) is 70.3 Å². The zero-order chi connectivity index (χ0) is 27.8. The van der Waals surface area contributed by atoms with E-state index >= 15 is 0 Å². The van der Waals surface area contributed by atoms with E-state index in [2.05, 4.69) is 23.5 Å². The number of urea groups is 1. The van der Waals surface area contributed by atoms with E-state index in [0.717, 1.165) is 43.1 Å². The van der Waals surface area contributed by atoms with Crippen molar-refractivity contribution in [1.82, 2.24) is 5.32 Å². The van der Waals surface area contributed by atoms with E-state index in [4.69, 9.17) is 4.74 Å². The second kappa shape index (κ2) is 10.2. The minimum atomic E-state index is -0.772. The van der Waals surface area contributed by atoms with Gasteiger partial charge in [-0.2, -0.15) is 0 Å². The molecule has 5 aromatic carbocycles. The molecule has 1 saturated heterocycles. The van der Waals surface area contributed by atoms with Crippen molar-refractivity contribution in [2.45, 2.75) is 20.5 Å². The van der Waals surface area contributed by atoms with Crippen LogP contribution in [-0.2, 0) is 16.2 Å². The van der Waals surface area contributed by atoms with Crippen molar-refractivity contribution in [3.8, 4) is 5.75 Å². The second-order valence-electron chi connectivity index (χ2n) is 9.80. The fourth-order valence-corrected chi connectivity index (χ4v) is 5.12. The zero-order valence-corrected chi connectivity index (χ0v) is 22.1. The van der Waals surface area contributed by atoms with Gasteiger partial charge in [0.25, 0.3) is 11.8 Å². The van der Waals surface area contributed by atoms with Crippen molar-refractivity contribution in [2.75, 3.05) is 4.90 Å². The van der Waals surface area contributed by atoms with Crippen molar-refractivity contribution in [1.29, 1.82) is 0 Å². The fourth-order valence-electron chi connectivity index (χ4n) is 5.12. The quantitative estimate of drug-likeness (QED) is 0.201. The molecule has 1 aliphatic rings. The number of benzene rings is 5. The first-order valence-corrected chi connectivity index (χ1v) is 13.0. The van der Waals surface area contributed by atoms with Crippen LogP contribution >= 0.6 is 0 Å². The lowest BCUT2D eigenvalue weighted by Crippen LogP contribution is -2.54. The van der Waals surface area contributed by atoms with Gasteiger partial charge in [0, 0.05) is 5.56 Å². The highest BCUT2D eigenvalue weighted by molar-refractivity contribution is 6.39. The summed E-state index contributed by atoms with van der Waals surface area (Å²) in [6, 6.07) is 30.3. The van der Waals surface area contributed by atoms with Crippen LogP contribution < -0.4 is 15.0 Å². The highest BCUT2D eigenvalue weighted by Crippen LogP contribution is 2.33. The molecule has 40 heavy (non-hydrogen) atoms. The Morgan fingerprint density at radius 2 is 1.43 bits per heavy atom. The van der Waals surface area contributed by atoms with Crippen LogP contribution in [0.1, 0.15) is 22.3 Å². The van der Waals surface area contributed by atoms with Gasteiger partial charge in [0.15, 0.2) is 0 Å². The van der Waals surface area contributed by atoms with Crippen molar-refractivity contribution in [3.05, 3.63) is 125 Å². The fraction of sp³-hybridized carbons (Fsp3) is 0.0882. The smallest absolute Gasteiger partial charge is 0.335 e. The molecule has 0 aromatic heterocycles. The zero-order valence-electron chi connectivity index (χ0n) is 22.1. The van der Waals surface area contributed by atoms with Gasteiger partial charge in [0.2, 0.25) is 0 Å². The van der Waals surface area contributed by atoms with Gasteiger partial charge in [-0.3, -0.25) is 14.9 Å². The van der Waals surface area contributed by atoms with Crippen LogP contribution in [0.5, 0.6) is 5.75 Å². The summed E-state index contributed by atoms with van der Waals surface area (Å²) in [5.41, 5.74) is 3.61. The molecule has 1 fully saturated rings. The van der Waals surface area contributed by atoms with E-state index in [1.807, 2.05) is 80.6 Å². The predicted molar refractivity (Wildman–Crippen MR) is 157 cm³/mol. The third-order valence-corrected chi connectivity index (χ3v) is 7.40. The van der Waals surface area contributed by atoms with Crippen molar-refractivity contribution < 1.29 is 19.1 Å². The van der Waals surface area contributed by atoms with Gasteiger partial charge in [0.1, 0.15) is 17.9 Å². The number of nitrogens with one attached hydrogen (secondary N) is 1. The maximum Gasteiger partial charge on any atom is 0.335 e. The largest absolute Gasteiger partial charge is 0.488 e. The van der Waals surface area contributed by atoms with Crippen LogP contribution in [-0.4, -0.2) is 17.8 Å². The van der Waals surface area contributed by atoms with Gasteiger partial charge < -0.3 is 4.74 Å². The molecule has 4 amide bonds. The number of hydrogen-bond acceptors (Lipinski definition) is 4. The molecule has 0 unspecified atom stereocenters. The van der Waals surface area contributed by atoms with Crippen molar-refractivity contribution in [2.24, 2.45) is 0 Å². The molecule has 1 N–H and O–H groups in total. The van der Waals surface area contributed by atoms with Gasteiger partial charge in [-0.1, -0.05) is 84.9 Å². The SMILES string of the molecule is Cc1cccc(N2C(=O)NC(=O)/C(=C\c3c(OCc4cccc5ccccc45)ccc4ccccc34)C2=O)c1C. The Kier molecular flexibility index (Phi) is 6.36. The topological polar surface area (TPSA) is 75.7 Å². The Bertz CT molecular complexity index is 1870. The molecule has 196 valence electrons. The number of ether oxygens (including phenoxy) is 1. The Hall–Kier alpha value is -5.23. The number of aryl methyl sites for hydroxylation is 1. The molecular formula is C34H26N2O4. The van der Waals surface area contributed by atoms with Crippen LogP contribution in [0.4, 0.5) is 10.5 Å². The molecule has 0 saturated carbocycles. The van der Waals surface area contributed by atoms with Crippen molar-refractivity contribution in [3.63, 3.8) is 0 Å². The molecule has 0 aliphatic carbocycles. The van der Waals surface area contributed by atoms with E-state index in [1.165, 1.54) is 6.08 Å². The van der Waals surface area contributed by atoms with E-state index in [1.54, 1.807) is 12.1 Å². The summed E-state index contributed by atoms with van der Waals surface area (Å²) in [5, 5.41) is 6.30. The Labute approximate surface area is 231 Å². The molecule has 6 nitrogen and oxygen atoms in total. The number of imide groups is 2. The minimum Gasteiger partial charge on any atom is -0.488 e. The van der Waals surface area contributed by atoms with Crippen molar-refractivity contribution >= 4 is 51.2 Å². The number of barbiturate groups is 1. The molecule has 0 spiro atoms. The Morgan fingerprint density at radius 1 is 0.750 bits per heavy atom.